The van der Waals surface area contributed by atoms with E-state index >= 15 is 0 Å². The van der Waals surface area contributed by atoms with Crippen molar-refractivity contribution in [2.75, 3.05) is 32.1 Å². The highest BCUT2D eigenvalue weighted by molar-refractivity contribution is 9.10. The molecule has 3 heterocycles. The van der Waals surface area contributed by atoms with Crippen molar-refractivity contribution in [2.24, 2.45) is 0 Å². The van der Waals surface area contributed by atoms with Crippen molar-refractivity contribution in [3.05, 3.63) is 35.0 Å². The summed E-state index contributed by atoms with van der Waals surface area (Å²) in [4.78, 5) is 24.4. The summed E-state index contributed by atoms with van der Waals surface area (Å²) in [5.41, 5.74) is 0. The van der Waals surface area contributed by atoms with E-state index in [1.54, 1.807) is 29.4 Å². The maximum absolute atomic E-state index is 12.3. The van der Waals surface area contributed by atoms with Gasteiger partial charge in [0.05, 0.1) is 18.9 Å². The third kappa shape index (κ3) is 3.64. The number of furan rings is 1. The lowest BCUT2D eigenvalue weighted by atomic mass is 10.3. The number of ether oxygens (including phenoxy) is 1. The molecule has 1 aliphatic rings. The van der Waals surface area contributed by atoms with Gasteiger partial charge in [0.25, 0.3) is 5.91 Å². The molecule has 0 saturated carbocycles. The standard InChI is InChI=1S/C15H17BrN4O3/c1-19(2)13-7-17-8-14(18-13)22-10-5-6-20(9-10)15(21)11-3-4-12(16)23-11/h3-4,7-8,10H,5-6,9H2,1-2H3. The van der Waals surface area contributed by atoms with Gasteiger partial charge in [-0.05, 0) is 28.1 Å². The monoisotopic (exact) mass is 380 g/mol. The molecule has 0 bridgehead atoms. The summed E-state index contributed by atoms with van der Waals surface area (Å²) in [5.74, 6) is 1.40. The van der Waals surface area contributed by atoms with E-state index in [2.05, 4.69) is 25.9 Å². The molecule has 1 saturated heterocycles. The Morgan fingerprint density at radius 3 is 2.96 bits per heavy atom. The number of amides is 1. The topological polar surface area (TPSA) is 71.7 Å². The summed E-state index contributed by atoms with van der Waals surface area (Å²) in [7, 11) is 3.79. The highest BCUT2D eigenvalue weighted by Crippen LogP contribution is 2.21. The zero-order chi connectivity index (χ0) is 16.4. The largest absolute Gasteiger partial charge is 0.471 e. The van der Waals surface area contributed by atoms with Gasteiger partial charge in [0.1, 0.15) is 6.10 Å². The van der Waals surface area contributed by atoms with Crippen LogP contribution in [-0.2, 0) is 0 Å². The summed E-state index contributed by atoms with van der Waals surface area (Å²) in [6.07, 6.45) is 3.92. The summed E-state index contributed by atoms with van der Waals surface area (Å²) in [5, 5.41) is 0. The van der Waals surface area contributed by atoms with Crippen molar-refractivity contribution in [1.82, 2.24) is 14.9 Å². The Kier molecular flexibility index (Phi) is 4.51. The van der Waals surface area contributed by atoms with Gasteiger partial charge >= 0.3 is 0 Å². The van der Waals surface area contributed by atoms with E-state index in [9.17, 15) is 4.79 Å². The normalized spacial score (nSPS) is 17.3. The third-order valence-electron chi connectivity index (χ3n) is 3.56. The minimum absolute atomic E-state index is 0.0935. The van der Waals surface area contributed by atoms with Gasteiger partial charge in [-0.1, -0.05) is 0 Å². The number of nitrogens with zero attached hydrogens (tertiary/aromatic N) is 4. The van der Waals surface area contributed by atoms with Gasteiger partial charge in [0.2, 0.25) is 5.88 Å². The van der Waals surface area contributed by atoms with Gasteiger partial charge in [0.15, 0.2) is 16.2 Å². The summed E-state index contributed by atoms with van der Waals surface area (Å²) < 4.78 is 11.7. The van der Waals surface area contributed by atoms with E-state index in [1.807, 2.05) is 19.0 Å². The van der Waals surface area contributed by atoms with Crippen molar-refractivity contribution in [3.8, 4) is 5.88 Å². The number of aromatic nitrogens is 2. The fourth-order valence-electron chi connectivity index (χ4n) is 2.38. The minimum Gasteiger partial charge on any atom is -0.471 e. The summed E-state index contributed by atoms with van der Waals surface area (Å²) in [6, 6.07) is 3.37. The molecule has 0 N–H and O–H groups in total. The van der Waals surface area contributed by atoms with Crippen LogP contribution in [0.5, 0.6) is 5.88 Å². The van der Waals surface area contributed by atoms with Crippen LogP contribution in [0.4, 0.5) is 5.82 Å². The van der Waals surface area contributed by atoms with Crippen LogP contribution in [0.15, 0.2) is 33.6 Å². The molecular weight excluding hydrogens is 364 g/mol. The van der Waals surface area contributed by atoms with E-state index in [0.29, 0.717) is 29.4 Å². The molecular formula is C15H17BrN4O3. The smallest absolute Gasteiger partial charge is 0.289 e. The van der Waals surface area contributed by atoms with Crippen LogP contribution >= 0.6 is 15.9 Å². The van der Waals surface area contributed by atoms with E-state index in [4.69, 9.17) is 9.15 Å². The molecule has 23 heavy (non-hydrogen) atoms. The summed E-state index contributed by atoms with van der Waals surface area (Å²) >= 11 is 3.20. The van der Waals surface area contributed by atoms with Crippen molar-refractivity contribution >= 4 is 27.7 Å². The molecule has 0 radical (unpaired) electrons. The molecule has 1 aliphatic heterocycles. The fraction of sp³-hybridized carbons (Fsp3) is 0.400. The second-order valence-electron chi connectivity index (χ2n) is 5.49. The lowest BCUT2D eigenvalue weighted by molar-refractivity contribution is 0.0738. The molecule has 122 valence electrons. The highest BCUT2D eigenvalue weighted by Gasteiger charge is 2.30. The van der Waals surface area contributed by atoms with E-state index in [0.717, 1.165) is 12.2 Å². The molecule has 1 amide bonds. The quantitative estimate of drug-likeness (QED) is 0.809. The molecule has 2 aromatic rings. The Bertz CT molecular complexity index is 704. The van der Waals surface area contributed by atoms with E-state index < -0.39 is 0 Å². The molecule has 1 fully saturated rings. The SMILES string of the molecule is CN(C)c1cncc(OC2CCN(C(=O)c3ccc(Br)o3)C2)n1. The molecule has 8 heteroatoms. The molecule has 1 unspecified atom stereocenters. The van der Waals surface area contributed by atoms with Crippen LogP contribution in [0.2, 0.25) is 0 Å². The maximum Gasteiger partial charge on any atom is 0.289 e. The lowest BCUT2D eigenvalue weighted by Crippen LogP contribution is -2.30. The second-order valence-corrected chi connectivity index (χ2v) is 6.27. The van der Waals surface area contributed by atoms with Crippen LogP contribution in [0.1, 0.15) is 17.0 Å². The van der Waals surface area contributed by atoms with Gasteiger partial charge in [0, 0.05) is 27.1 Å². The number of carbonyl (C=O) groups excluding carboxylic acids is 1. The molecule has 1 atom stereocenters. The fourth-order valence-corrected chi connectivity index (χ4v) is 2.68. The van der Waals surface area contributed by atoms with Crippen molar-refractivity contribution in [1.29, 1.82) is 0 Å². The molecule has 7 nitrogen and oxygen atoms in total. The number of likely N-dealkylation sites (tertiary alicyclic amines) is 1. The molecule has 0 spiro atoms. The number of halogens is 1. The average molecular weight is 381 g/mol. The van der Waals surface area contributed by atoms with Crippen LogP contribution in [0.25, 0.3) is 0 Å². The first kappa shape index (κ1) is 15.8. The van der Waals surface area contributed by atoms with Gasteiger partial charge in [-0.15, -0.1) is 0 Å². The average Bonchev–Trinajstić information content (AvgIpc) is 3.16. The third-order valence-corrected chi connectivity index (χ3v) is 3.99. The second kappa shape index (κ2) is 6.57. The Hall–Kier alpha value is -2.09. The minimum atomic E-state index is -0.130. The van der Waals surface area contributed by atoms with Gasteiger partial charge < -0.3 is 19.0 Å². The number of anilines is 1. The Morgan fingerprint density at radius 1 is 1.43 bits per heavy atom. The summed E-state index contributed by atoms with van der Waals surface area (Å²) in [6.45, 7) is 1.13. The predicted molar refractivity (Wildman–Crippen MR) is 87.7 cm³/mol. The number of rotatable bonds is 4. The number of carbonyl (C=O) groups is 1. The first-order valence-electron chi connectivity index (χ1n) is 7.23. The Labute approximate surface area is 142 Å². The molecule has 0 aromatic carbocycles. The first-order valence-corrected chi connectivity index (χ1v) is 8.03. The van der Waals surface area contributed by atoms with Crippen LogP contribution in [0, 0.1) is 0 Å². The number of hydrogen-bond acceptors (Lipinski definition) is 6. The van der Waals surface area contributed by atoms with E-state index in [-0.39, 0.29) is 12.0 Å². The van der Waals surface area contributed by atoms with Gasteiger partial charge in [-0.2, -0.15) is 4.98 Å². The zero-order valence-corrected chi connectivity index (χ0v) is 14.5. The molecule has 2 aromatic heterocycles. The molecule has 3 rings (SSSR count). The van der Waals surface area contributed by atoms with Crippen LogP contribution < -0.4 is 9.64 Å². The number of hydrogen-bond donors (Lipinski definition) is 0. The van der Waals surface area contributed by atoms with E-state index in [1.165, 1.54) is 0 Å². The van der Waals surface area contributed by atoms with Crippen molar-refractivity contribution < 1.29 is 13.9 Å². The Balaban J connectivity index is 1.62. The lowest BCUT2D eigenvalue weighted by Gasteiger charge is -2.16. The van der Waals surface area contributed by atoms with Crippen LogP contribution in [0.3, 0.4) is 0 Å². The molecule has 0 aliphatic carbocycles. The predicted octanol–water partition coefficient (Wildman–Crippen LogP) is 2.19. The van der Waals surface area contributed by atoms with Crippen molar-refractivity contribution in [2.45, 2.75) is 12.5 Å². The van der Waals surface area contributed by atoms with Gasteiger partial charge in [-0.3, -0.25) is 9.78 Å². The maximum atomic E-state index is 12.3. The first-order chi connectivity index (χ1) is 11.0. The van der Waals surface area contributed by atoms with Crippen LogP contribution in [-0.4, -0.2) is 54.1 Å². The highest BCUT2D eigenvalue weighted by atomic mass is 79.9. The van der Waals surface area contributed by atoms with Gasteiger partial charge in [-0.25, -0.2) is 0 Å². The Morgan fingerprint density at radius 2 is 2.26 bits per heavy atom. The zero-order valence-electron chi connectivity index (χ0n) is 12.9. The van der Waals surface area contributed by atoms with Crippen molar-refractivity contribution in [3.63, 3.8) is 0 Å².